The van der Waals surface area contributed by atoms with Crippen LogP contribution < -0.4 is 10.1 Å². The molecule has 1 saturated heterocycles. The number of halogens is 5. The predicted octanol–water partition coefficient (Wildman–Crippen LogP) is 4.61. The maximum atomic E-state index is 13.0. The average Bonchev–Trinajstić information content (AvgIpc) is 3.37. The maximum absolute atomic E-state index is 13.0. The second kappa shape index (κ2) is 8.05. The highest BCUT2D eigenvalue weighted by molar-refractivity contribution is 5.81. The summed E-state index contributed by atoms with van der Waals surface area (Å²) in [6, 6.07) is 5.73. The smallest absolute Gasteiger partial charge is 0.416 e. The summed E-state index contributed by atoms with van der Waals surface area (Å²) in [5, 5.41) is 11.3. The van der Waals surface area contributed by atoms with Crippen molar-refractivity contribution in [2.45, 2.75) is 31.7 Å². The fraction of sp³-hybridized carbons (Fsp3) is 0.368. The normalized spacial score (nSPS) is 17.1. The minimum absolute atomic E-state index is 0.0230. The second-order valence-corrected chi connectivity index (χ2v) is 6.74. The van der Waals surface area contributed by atoms with E-state index >= 15 is 0 Å². The molecule has 0 saturated carbocycles. The molecule has 11 heteroatoms. The zero-order chi connectivity index (χ0) is 21.3. The number of benzene rings is 1. The molecule has 1 aliphatic rings. The monoisotopic (exact) mass is 428 g/mol. The first-order chi connectivity index (χ1) is 14.3. The van der Waals surface area contributed by atoms with Crippen LogP contribution in [0.15, 0.2) is 36.5 Å². The van der Waals surface area contributed by atoms with Crippen molar-refractivity contribution in [3.8, 4) is 17.0 Å². The molecule has 0 radical (unpaired) electrons. The first-order valence-electron chi connectivity index (χ1n) is 9.18. The van der Waals surface area contributed by atoms with E-state index in [0.29, 0.717) is 30.7 Å². The molecular formula is C19H17F5N4O2. The number of hydrogen-bond acceptors (Lipinski definition) is 5. The van der Waals surface area contributed by atoms with E-state index in [4.69, 9.17) is 4.74 Å². The summed E-state index contributed by atoms with van der Waals surface area (Å²) in [5.74, 6) is -0.227. The maximum Gasteiger partial charge on any atom is 0.416 e. The van der Waals surface area contributed by atoms with Gasteiger partial charge in [-0.2, -0.15) is 22.0 Å². The Morgan fingerprint density at radius 2 is 2.07 bits per heavy atom. The third-order valence-electron chi connectivity index (χ3n) is 4.76. The molecule has 0 spiro atoms. The fourth-order valence-electron chi connectivity index (χ4n) is 3.37. The van der Waals surface area contributed by atoms with Gasteiger partial charge in [-0.3, -0.25) is 4.40 Å². The van der Waals surface area contributed by atoms with Crippen LogP contribution in [0.2, 0.25) is 0 Å². The Balaban J connectivity index is 1.72. The lowest BCUT2D eigenvalue weighted by Gasteiger charge is -2.16. The molecule has 0 bridgehead atoms. The minimum Gasteiger partial charge on any atom is -0.434 e. The molecule has 6 nitrogen and oxygen atoms in total. The molecule has 3 heterocycles. The zero-order valence-electron chi connectivity index (χ0n) is 15.5. The van der Waals surface area contributed by atoms with Gasteiger partial charge in [-0.05, 0) is 43.2 Å². The average molecular weight is 428 g/mol. The van der Waals surface area contributed by atoms with E-state index in [0.717, 1.165) is 25.0 Å². The second-order valence-electron chi connectivity index (χ2n) is 6.74. The molecule has 3 aromatic rings. The van der Waals surface area contributed by atoms with Gasteiger partial charge < -0.3 is 14.8 Å². The summed E-state index contributed by atoms with van der Waals surface area (Å²) in [5.41, 5.74) is -0.535. The minimum atomic E-state index is -4.70. The number of ether oxygens (including phenoxy) is 2. The molecule has 1 atom stereocenters. The first kappa shape index (κ1) is 20.3. The number of anilines is 1. The molecule has 1 aromatic carbocycles. The SMILES string of the molecule is FC(F)Oc1cc(C(F)(F)F)ccc1-c1nnc(NCC2CCCO2)n2cccc12. The Kier molecular flexibility index (Phi) is 5.46. The highest BCUT2D eigenvalue weighted by Gasteiger charge is 2.32. The fourth-order valence-corrected chi connectivity index (χ4v) is 3.37. The molecule has 30 heavy (non-hydrogen) atoms. The van der Waals surface area contributed by atoms with Crippen molar-refractivity contribution in [3.05, 3.63) is 42.1 Å². The van der Waals surface area contributed by atoms with Crippen LogP contribution in [0.4, 0.5) is 27.9 Å². The zero-order valence-corrected chi connectivity index (χ0v) is 15.5. The number of hydrogen-bond donors (Lipinski definition) is 1. The number of aromatic nitrogens is 3. The molecular weight excluding hydrogens is 411 g/mol. The lowest BCUT2D eigenvalue weighted by molar-refractivity contribution is -0.138. The molecule has 1 aliphatic heterocycles. The van der Waals surface area contributed by atoms with Crippen molar-refractivity contribution in [3.63, 3.8) is 0 Å². The van der Waals surface area contributed by atoms with Gasteiger partial charge >= 0.3 is 12.8 Å². The van der Waals surface area contributed by atoms with Gasteiger partial charge in [0.1, 0.15) is 11.4 Å². The van der Waals surface area contributed by atoms with Gasteiger partial charge in [0.2, 0.25) is 5.95 Å². The summed E-state index contributed by atoms with van der Waals surface area (Å²) >= 11 is 0. The van der Waals surface area contributed by atoms with E-state index in [2.05, 4.69) is 20.3 Å². The van der Waals surface area contributed by atoms with Crippen LogP contribution in [0, 0.1) is 0 Å². The van der Waals surface area contributed by atoms with Crippen molar-refractivity contribution < 1.29 is 31.4 Å². The van der Waals surface area contributed by atoms with Gasteiger partial charge in [0, 0.05) is 24.9 Å². The lowest BCUT2D eigenvalue weighted by Crippen LogP contribution is -2.20. The molecule has 0 aliphatic carbocycles. The van der Waals surface area contributed by atoms with Crippen LogP contribution >= 0.6 is 0 Å². The summed E-state index contributed by atoms with van der Waals surface area (Å²) in [4.78, 5) is 0. The third-order valence-corrected chi connectivity index (χ3v) is 4.76. The number of nitrogens with zero attached hydrogens (tertiary/aromatic N) is 3. The number of rotatable bonds is 6. The molecule has 1 N–H and O–H groups in total. The summed E-state index contributed by atoms with van der Waals surface area (Å²) < 4.78 is 76.3. The van der Waals surface area contributed by atoms with Gasteiger partial charge in [0.15, 0.2) is 0 Å². The Morgan fingerprint density at radius 3 is 2.77 bits per heavy atom. The van der Waals surface area contributed by atoms with Crippen LogP contribution in [0.5, 0.6) is 5.75 Å². The van der Waals surface area contributed by atoms with E-state index in [1.54, 1.807) is 22.7 Å². The molecule has 160 valence electrons. The van der Waals surface area contributed by atoms with Crippen LogP contribution in [-0.4, -0.2) is 40.5 Å². The topological polar surface area (TPSA) is 60.7 Å². The van der Waals surface area contributed by atoms with Crippen molar-refractivity contribution >= 4 is 11.5 Å². The van der Waals surface area contributed by atoms with E-state index in [1.165, 1.54) is 0 Å². The highest BCUT2D eigenvalue weighted by Crippen LogP contribution is 2.38. The Bertz CT molecular complexity index is 1030. The predicted molar refractivity (Wildman–Crippen MR) is 97.5 cm³/mol. The summed E-state index contributed by atoms with van der Waals surface area (Å²) in [7, 11) is 0. The van der Waals surface area contributed by atoms with Gasteiger partial charge in [0.25, 0.3) is 0 Å². The van der Waals surface area contributed by atoms with Gasteiger partial charge in [-0.25, -0.2) is 0 Å². The molecule has 1 unspecified atom stereocenters. The summed E-state index contributed by atoms with van der Waals surface area (Å²) in [6.07, 6.45) is -1.06. The Morgan fingerprint density at radius 1 is 1.23 bits per heavy atom. The van der Waals surface area contributed by atoms with Gasteiger partial charge in [-0.1, -0.05) is 0 Å². The largest absolute Gasteiger partial charge is 0.434 e. The lowest BCUT2D eigenvalue weighted by atomic mass is 10.1. The van der Waals surface area contributed by atoms with E-state index in [9.17, 15) is 22.0 Å². The Hall–Kier alpha value is -2.95. The van der Waals surface area contributed by atoms with Crippen molar-refractivity contribution in [2.75, 3.05) is 18.5 Å². The highest BCUT2D eigenvalue weighted by atomic mass is 19.4. The van der Waals surface area contributed by atoms with E-state index in [-0.39, 0.29) is 17.4 Å². The first-order valence-corrected chi connectivity index (χ1v) is 9.18. The van der Waals surface area contributed by atoms with Crippen molar-refractivity contribution in [1.29, 1.82) is 0 Å². The van der Waals surface area contributed by atoms with Crippen molar-refractivity contribution in [1.82, 2.24) is 14.6 Å². The number of nitrogens with one attached hydrogen (secondary N) is 1. The van der Waals surface area contributed by atoms with Crippen LogP contribution in [0.1, 0.15) is 18.4 Å². The Labute approximate surface area is 167 Å². The van der Waals surface area contributed by atoms with E-state index < -0.39 is 24.1 Å². The van der Waals surface area contributed by atoms with Gasteiger partial charge in [0.05, 0.1) is 17.2 Å². The standard InChI is InChI=1S/C19H17F5N4O2/c20-17(21)30-15-9-11(19(22,23)24)5-6-13(15)16-14-4-1-7-28(14)18(27-26-16)25-10-12-3-2-8-29-12/h1,4-7,9,12,17H,2-3,8,10H2,(H,25,27). The third kappa shape index (κ3) is 4.16. The number of alkyl halides is 5. The van der Waals surface area contributed by atoms with E-state index in [1.807, 2.05) is 0 Å². The molecule has 1 fully saturated rings. The molecule has 4 rings (SSSR count). The van der Waals surface area contributed by atoms with Crippen molar-refractivity contribution in [2.24, 2.45) is 0 Å². The molecule has 0 amide bonds. The number of fused-ring (bicyclic) bond motifs is 1. The quantitative estimate of drug-likeness (QED) is 0.582. The summed E-state index contributed by atoms with van der Waals surface area (Å²) in [6.45, 7) is -2.08. The van der Waals surface area contributed by atoms with Crippen LogP contribution in [0.25, 0.3) is 16.8 Å². The van der Waals surface area contributed by atoms with Gasteiger partial charge in [-0.15, -0.1) is 10.2 Å². The van der Waals surface area contributed by atoms with Crippen LogP contribution in [-0.2, 0) is 10.9 Å². The molecule has 2 aromatic heterocycles. The van der Waals surface area contributed by atoms with Crippen LogP contribution in [0.3, 0.4) is 0 Å².